The number of benzene rings is 1. The Morgan fingerprint density at radius 2 is 2.19 bits per heavy atom. The quantitative estimate of drug-likeness (QED) is 0.484. The fraction of sp³-hybridized carbons (Fsp3) is 0.350. The lowest BCUT2D eigenvalue weighted by Gasteiger charge is -2.35. The molecule has 3 heterocycles. The van der Waals surface area contributed by atoms with Crippen LogP contribution in [0.5, 0.6) is 0 Å². The van der Waals surface area contributed by atoms with Gasteiger partial charge in [0.1, 0.15) is 11.9 Å². The number of aliphatic imine (C=N–C) groups is 1. The average Bonchev–Trinajstić information content (AvgIpc) is 3.46. The summed E-state index contributed by atoms with van der Waals surface area (Å²) < 4.78 is 50.2. The molecular formula is C20H21F3N6O2. The van der Waals surface area contributed by atoms with Crippen molar-refractivity contribution in [2.75, 3.05) is 26.7 Å². The molecule has 8 nitrogen and oxygen atoms in total. The van der Waals surface area contributed by atoms with Gasteiger partial charge in [0.15, 0.2) is 11.7 Å². The van der Waals surface area contributed by atoms with Crippen molar-refractivity contribution in [3.63, 3.8) is 0 Å². The van der Waals surface area contributed by atoms with Crippen LogP contribution in [0.25, 0.3) is 11.6 Å². The third kappa shape index (κ3) is 4.88. The van der Waals surface area contributed by atoms with E-state index in [2.05, 4.69) is 25.5 Å². The van der Waals surface area contributed by atoms with Crippen molar-refractivity contribution < 1.29 is 22.3 Å². The number of nitrogens with one attached hydrogen (secondary N) is 2. The fourth-order valence-corrected chi connectivity index (χ4v) is 3.34. The van der Waals surface area contributed by atoms with Gasteiger partial charge in [-0.25, -0.2) is 4.98 Å². The van der Waals surface area contributed by atoms with Gasteiger partial charge < -0.3 is 19.4 Å². The molecule has 1 aliphatic rings. The first-order valence-corrected chi connectivity index (χ1v) is 9.63. The molecule has 2 aromatic heterocycles. The summed E-state index contributed by atoms with van der Waals surface area (Å²) in [6.45, 7) is 1.64. The first-order valence-electron chi connectivity index (χ1n) is 9.63. The van der Waals surface area contributed by atoms with E-state index in [0.717, 1.165) is 12.1 Å². The Kier molecular flexibility index (Phi) is 5.94. The Bertz CT molecular complexity index is 1030. The van der Waals surface area contributed by atoms with E-state index in [4.69, 9.17) is 9.15 Å². The van der Waals surface area contributed by atoms with E-state index in [-0.39, 0.29) is 0 Å². The monoisotopic (exact) mass is 434 g/mol. The van der Waals surface area contributed by atoms with E-state index in [1.165, 1.54) is 6.07 Å². The highest BCUT2D eigenvalue weighted by Crippen LogP contribution is 2.32. The van der Waals surface area contributed by atoms with Crippen molar-refractivity contribution in [2.45, 2.75) is 18.8 Å². The van der Waals surface area contributed by atoms with Gasteiger partial charge >= 0.3 is 6.18 Å². The maximum atomic E-state index is 13.0. The third-order valence-electron chi connectivity index (χ3n) is 4.85. The summed E-state index contributed by atoms with van der Waals surface area (Å²) in [6.07, 6.45) is -3.34. The molecule has 0 spiro atoms. The largest absolute Gasteiger partial charge is 0.461 e. The van der Waals surface area contributed by atoms with Crippen LogP contribution >= 0.6 is 0 Å². The number of H-pyrrole nitrogens is 1. The maximum Gasteiger partial charge on any atom is 0.416 e. The molecule has 1 aliphatic heterocycles. The molecule has 1 saturated heterocycles. The molecule has 0 amide bonds. The number of rotatable bonds is 4. The minimum absolute atomic E-state index is 0.339. The van der Waals surface area contributed by atoms with E-state index in [1.807, 2.05) is 4.90 Å². The van der Waals surface area contributed by atoms with E-state index in [9.17, 15) is 13.2 Å². The van der Waals surface area contributed by atoms with Crippen LogP contribution in [-0.4, -0.2) is 52.8 Å². The summed E-state index contributed by atoms with van der Waals surface area (Å²) in [6, 6.07) is 8.75. The van der Waals surface area contributed by atoms with E-state index in [1.54, 1.807) is 31.5 Å². The molecule has 4 rings (SSSR count). The number of hydrogen-bond donors (Lipinski definition) is 2. The van der Waals surface area contributed by atoms with Crippen molar-refractivity contribution >= 4 is 5.96 Å². The predicted molar refractivity (Wildman–Crippen MR) is 106 cm³/mol. The average molecular weight is 434 g/mol. The molecule has 0 aliphatic carbocycles. The summed E-state index contributed by atoms with van der Waals surface area (Å²) in [7, 11) is 1.64. The van der Waals surface area contributed by atoms with Gasteiger partial charge in [-0.15, -0.1) is 5.10 Å². The molecule has 3 aromatic rings. The number of morpholine rings is 1. The van der Waals surface area contributed by atoms with Gasteiger partial charge in [-0.2, -0.15) is 13.2 Å². The van der Waals surface area contributed by atoms with Gasteiger partial charge in [0, 0.05) is 13.6 Å². The van der Waals surface area contributed by atoms with Crippen LogP contribution in [0, 0.1) is 0 Å². The number of hydrogen-bond acceptors (Lipinski definition) is 5. The molecular weight excluding hydrogens is 413 g/mol. The lowest BCUT2D eigenvalue weighted by atomic mass is 10.0. The molecule has 1 unspecified atom stereocenters. The number of ether oxygens (including phenoxy) is 1. The van der Waals surface area contributed by atoms with Crippen LogP contribution in [0.3, 0.4) is 0 Å². The summed E-state index contributed by atoms with van der Waals surface area (Å²) in [4.78, 5) is 10.6. The molecule has 0 saturated carbocycles. The minimum atomic E-state index is -4.40. The predicted octanol–water partition coefficient (Wildman–Crippen LogP) is 3.23. The molecule has 164 valence electrons. The van der Waals surface area contributed by atoms with Gasteiger partial charge in [-0.3, -0.25) is 10.1 Å². The zero-order valence-electron chi connectivity index (χ0n) is 16.7. The van der Waals surface area contributed by atoms with Crippen LogP contribution in [0.1, 0.15) is 23.1 Å². The SMILES string of the molecule is CN=C(NCc1nc(-c2ccco2)n[nH]1)N1CCOC(c2cccc(C(F)(F)F)c2)C1. The number of nitrogens with zero attached hydrogens (tertiary/aromatic N) is 4. The Hall–Kier alpha value is -3.34. The van der Waals surface area contributed by atoms with E-state index >= 15 is 0 Å². The lowest BCUT2D eigenvalue weighted by Crippen LogP contribution is -2.48. The molecule has 2 N–H and O–H groups in total. The number of guanidine groups is 1. The molecule has 0 radical (unpaired) electrons. The summed E-state index contributed by atoms with van der Waals surface area (Å²) in [5, 5.41) is 10.2. The van der Waals surface area contributed by atoms with Crippen molar-refractivity contribution in [1.29, 1.82) is 0 Å². The highest BCUT2D eigenvalue weighted by Gasteiger charge is 2.32. The smallest absolute Gasteiger partial charge is 0.416 e. The van der Waals surface area contributed by atoms with Gasteiger partial charge in [-0.05, 0) is 29.8 Å². The van der Waals surface area contributed by atoms with E-state index < -0.39 is 17.8 Å². The number of aromatic amines is 1. The zero-order chi connectivity index (χ0) is 21.8. The van der Waals surface area contributed by atoms with Crippen molar-refractivity contribution in [3.8, 4) is 11.6 Å². The zero-order valence-corrected chi connectivity index (χ0v) is 16.7. The second-order valence-corrected chi connectivity index (χ2v) is 6.91. The van der Waals surface area contributed by atoms with Gasteiger partial charge in [0.05, 0.1) is 31.5 Å². The van der Waals surface area contributed by atoms with Gasteiger partial charge in [-0.1, -0.05) is 12.1 Å². The second kappa shape index (κ2) is 8.80. The van der Waals surface area contributed by atoms with Crippen LogP contribution in [0.2, 0.25) is 0 Å². The Morgan fingerprint density at radius 1 is 1.32 bits per heavy atom. The van der Waals surface area contributed by atoms with Gasteiger partial charge in [0.25, 0.3) is 0 Å². The number of alkyl halides is 3. The van der Waals surface area contributed by atoms with Crippen LogP contribution in [-0.2, 0) is 17.5 Å². The van der Waals surface area contributed by atoms with Crippen molar-refractivity contribution in [3.05, 3.63) is 59.6 Å². The summed E-state index contributed by atoms with van der Waals surface area (Å²) in [5.74, 6) is 2.20. The molecule has 1 aromatic carbocycles. The molecule has 11 heteroatoms. The number of halogens is 3. The maximum absolute atomic E-state index is 13.0. The van der Waals surface area contributed by atoms with Crippen LogP contribution < -0.4 is 5.32 Å². The first kappa shape index (κ1) is 20.9. The van der Waals surface area contributed by atoms with Crippen molar-refractivity contribution in [1.82, 2.24) is 25.4 Å². The second-order valence-electron chi connectivity index (χ2n) is 6.91. The third-order valence-corrected chi connectivity index (χ3v) is 4.85. The molecule has 1 atom stereocenters. The molecule has 1 fully saturated rings. The molecule has 31 heavy (non-hydrogen) atoms. The Labute approximate surface area is 176 Å². The lowest BCUT2D eigenvalue weighted by molar-refractivity contribution is -0.137. The Balaban J connectivity index is 1.40. The molecule has 0 bridgehead atoms. The fourth-order valence-electron chi connectivity index (χ4n) is 3.34. The first-order chi connectivity index (χ1) is 14.9. The Morgan fingerprint density at radius 3 is 2.94 bits per heavy atom. The summed E-state index contributed by atoms with van der Waals surface area (Å²) in [5.41, 5.74) is -0.209. The topological polar surface area (TPSA) is 91.6 Å². The number of aromatic nitrogens is 3. The van der Waals surface area contributed by atoms with Crippen LogP contribution in [0.4, 0.5) is 13.2 Å². The van der Waals surface area contributed by atoms with Crippen LogP contribution in [0.15, 0.2) is 52.1 Å². The van der Waals surface area contributed by atoms with E-state index in [0.29, 0.717) is 55.2 Å². The highest BCUT2D eigenvalue weighted by atomic mass is 19.4. The summed E-state index contributed by atoms with van der Waals surface area (Å²) >= 11 is 0. The minimum Gasteiger partial charge on any atom is -0.461 e. The number of furan rings is 1. The highest BCUT2D eigenvalue weighted by molar-refractivity contribution is 5.80. The van der Waals surface area contributed by atoms with Crippen molar-refractivity contribution in [2.24, 2.45) is 4.99 Å². The van der Waals surface area contributed by atoms with Gasteiger partial charge in [0.2, 0.25) is 5.82 Å². The normalized spacial score (nSPS) is 17.7. The standard InChI is InChI=1S/C20H21F3N6O2/c1-24-19(25-11-17-26-18(28-27-17)15-6-3-8-30-15)29-7-9-31-16(12-29)13-4-2-5-14(10-13)20(21,22)23/h2-6,8,10,16H,7,9,11-12H2,1H3,(H,24,25)(H,26,27,28).